The van der Waals surface area contributed by atoms with Crippen molar-refractivity contribution >= 4 is 40.8 Å². The zero-order valence-corrected chi connectivity index (χ0v) is 22.6. The molecule has 1 aliphatic rings. The van der Waals surface area contributed by atoms with E-state index in [4.69, 9.17) is 9.47 Å². The zero-order valence-electron chi connectivity index (χ0n) is 22.6. The molecule has 0 aliphatic heterocycles. The minimum absolute atomic E-state index is 0.118. The number of ether oxygens (including phenoxy) is 2. The van der Waals surface area contributed by atoms with Crippen molar-refractivity contribution < 1.29 is 28.7 Å². The molecule has 202 valence electrons. The number of anilines is 1. The Morgan fingerprint density at radius 3 is 1.76 bits per heavy atom. The van der Waals surface area contributed by atoms with Crippen LogP contribution in [0.4, 0.5) is 11.4 Å². The van der Waals surface area contributed by atoms with Gasteiger partial charge in [-0.15, -0.1) is 0 Å². The van der Waals surface area contributed by atoms with Gasteiger partial charge >= 0.3 is 11.9 Å². The van der Waals surface area contributed by atoms with Crippen LogP contribution >= 0.6 is 0 Å². The van der Waals surface area contributed by atoms with E-state index in [9.17, 15) is 19.2 Å². The van der Waals surface area contributed by atoms with Crippen LogP contribution in [0, 0.1) is 11.8 Å². The van der Waals surface area contributed by atoms with Crippen molar-refractivity contribution in [3.05, 3.63) is 59.7 Å². The highest BCUT2D eigenvalue weighted by Crippen LogP contribution is 2.33. The third kappa shape index (κ3) is 6.56. The molecule has 3 atom stereocenters. The summed E-state index contributed by atoms with van der Waals surface area (Å²) in [5.74, 6) is -2.43. The van der Waals surface area contributed by atoms with Gasteiger partial charge in [0.05, 0.1) is 31.7 Å². The molecule has 10 heteroatoms. The fourth-order valence-corrected chi connectivity index (χ4v) is 4.40. The van der Waals surface area contributed by atoms with Crippen molar-refractivity contribution in [1.82, 2.24) is 9.80 Å². The molecular formula is C28H34N4O6. The van der Waals surface area contributed by atoms with Crippen molar-refractivity contribution in [3.8, 4) is 0 Å². The van der Waals surface area contributed by atoms with Crippen molar-refractivity contribution in [1.29, 1.82) is 0 Å². The smallest absolute Gasteiger partial charge is 0.314 e. The minimum atomic E-state index is -0.684. The van der Waals surface area contributed by atoms with Gasteiger partial charge in [0.1, 0.15) is 0 Å². The number of nitrogens with one attached hydrogen (secondary N) is 1. The number of carbonyl (C=O) groups excluding carboxylic acids is 4. The Morgan fingerprint density at radius 1 is 0.789 bits per heavy atom. The predicted octanol–water partition coefficient (Wildman–Crippen LogP) is 3.02. The van der Waals surface area contributed by atoms with Crippen LogP contribution in [0.25, 0.3) is 0 Å². The third-order valence-corrected chi connectivity index (χ3v) is 6.48. The van der Waals surface area contributed by atoms with Gasteiger partial charge in [-0.1, -0.05) is 0 Å². The number of esters is 2. The first-order valence-corrected chi connectivity index (χ1v) is 12.2. The lowest BCUT2D eigenvalue weighted by atomic mass is 9.76. The van der Waals surface area contributed by atoms with Crippen molar-refractivity contribution in [2.24, 2.45) is 16.8 Å². The summed E-state index contributed by atoms with van der Waals surface area (Å²) in [4.78, 5) is 57.6. The molecule has 0 saturated heterocycles. The quantitative estimate of drug-likeness (QED) is 0.556. The van der Waals surface area contributed by atoms with E-state index in [-0.39, 0.29) is 24.7 Å². The van der Waals surface area contributed by atoms with Crippen molar-refractivity contribution in [2.45, 2.75) is 18.9 Å². The van der Waals surface area contributed by atoms with Crippen LogP contribution in [0.2, 0.25) is 0 Å². The van der Waals surface area contributed by atoms with Gasteiger partial charge in [-0.25, -0.2) is 0 Å². The highest BCUT2D eigenvalue weighted by Gasteiger charge is 2.42. The van der Waals surface area contributed by atoms with Crippen LogP contribution in [0.3, 0.4) is 0 Å². The average molecular weight is 523 g/mol. The maximum atomic E-state index is 12.8. The highest BCUT2D eigenvalue weighted by molar-refractivity contribution is 6.05. The summed E-state index contributed by atoms with van der Waals surface area (Å²) in [5, 5.41) is 3.33. The summed E-state index contributed by atoms with van der Waals surface area (Å²) < 4.78 is 10.1. The number of nitrogens with zero attached hydrogens (tertiary/aromatic N) is 3. The molecule has 2 amide bonds. The lowest BCUT2D eigenvalue weighted by Crippen LogP contribution is -2.46. The Balaban J connectivity index is 1.89. The number of methoxy groups -OCH3 is 2. The Morgan fingerprint density at radius 2 is 1.29 bits per heavy atom. The third-order valence-electron chi connectivity index (χ3n) is 6.48. The van der Waals surface area contributed by atoms with Crippen LogP contribution in [0.1, 0.15) is 33.6 Å². The SMILES string of the molecule is COC(=O)C1CC(Nc2ccc(C(=O)N(C)C)cc2)C(C(=O)OC)CC1=Nc1ccc(C(=O)N(C)C)cc1. The summed E-state index contributed by atoms with van der Waals surface area (Å²) in [7, 11) is 9.35. The first kappa shape index (κ1) is 28.4. The van der Waals surface area contributed by atoms with E-state index in [0.29, 0.717) is 28.2 Å². The first-order valence-electron chi connectivity index (χ1n) is 12.2. The lowest BCUT2D eigenvalue weighted by molar-refractivity contribution is -0.148. The number of rotatable bonds is 7. The summed E-state index contributed by atoms with van der Waals surface area (Å²) >= 11 is 0. The molecule has 2 aromatic carbocycles. The van der Waals surface area contributed by atoms with Gasteiger partial charge in [-0.3, -0.25) is 24.2 Å². The second kappa shape index (κ2) is 12.4. The van der Waals surface area contributed by atoms with Gasteiger partial charge in [0, 0.05) is 63.2 Å². The van der Waals surface area contributed by atoms with Crippen molar-refractivity contribution in [3.63, 3.8) is 0 Å². The number of hydrogen-bond donors (Lipinski definition) is 1. The highest BCUT2D eigenvalue weighted by atomic mass is 16.5. The molecule has 0 heterocycles. The standard InChI is InChI=1S/C28H34N4O6/c1-31(2)25(33)17-7-11-19(12-8-17)29-23-15-22(28(36)38-6)24(16-21(23)27(35)37-5)30-20-13-9-18(10-14-20)26(34)32(3)4/h7-14,21-23,29H,15-16H2,1-6H3. The molecule has 1 saturated carbocycles. The number of carbonyl (C=O) groups is 4. The van der Waals surface area contributed by atoms with Gasteiger partial charge < -0.3 is 24.6 Å². The Kier molecular flexibility index (Phi) is 9.22. The van der Waals surface area contributed by atoms with Crippen LogP contribution in [-0.2, 0) is 19.1 Å². The van der Waals surface area contributed by atoms with Crippen LogP contribution in [0.5, 0.6) is 0 Å². The molecule has 1 fully saturated rings. The fraction of sp³-hybridized carbons (Fsp3) is 0.393. The summed E-state index contributed by atoms with van der Waals surface area (Å²) in [6.07, 6.45) is 0.431. The van der Waals surface area contributed by atoms with Gasteiger partial charge in [-0.2, -0.15) is 0 Å². The molecule has 10 nitrogen and oxygen atoms in total. The molecule has 3 unspecified atom stereocenters. The largest absolute Gasteiger partial charge is 0.469 e. The van der Waals surface area contributed by atoms with E-state index < -0.39 is 29.8 Å². The van der Waals surface area contributed by atoms with Crippen molar-refractivity contribution in [2.75, 3.05) is 47.7 Å². The maximum Gasteiger partial charge on any atom is 0.314 e. The molecule has 0 spiro atoms. The molecule has 0 radical (unpaired) electrons. The number of benzene rings is 2. The van der Waals surface area contributed by atoms with Gasteiger partial charge in [0.2, 0.25) is 0 Å². The lowest BCUT2D eigenvalue weighted by Gasteiger charge is -2.35. The molecule has 3 rings (SSSR count). The Labute approximate surface area is 222 Å². The minimum Gasteiger partial charge on any atom is -0.469 e. The predicted molar refractivity (Wildman–Crippen MR) is 144 cm³/mol. The molecule has 38 heavy (non-hydrogen) atoms. The first-order chi connectivity index (χ1) is 18.0. The van der Waals surface area contributed by atoms with Gasteiger partial charge in [0.15, 0.2) is 0 Å². The Hall–Kier alpha value is -4.21. The fourth-order valence-electron chi connectivity index (χ4n) is 4.40. The van der Waals surface area contributed by atoms with Gasteiger partial charge in [-0.05, 0) is 55.0 Å². The Bertz CT molecular complexity index is 1200. The second-order valence-corrected chi connectivity index (χ2v) is 9.52. The van der Waals surface area contributed by atoms with E-state index >= 15 is 0 Å². The average Bonchev–Trinajstić information content (AvgIpc) is 2.92. The topological polar surface area (TPSA) is 118 Å². The molecule has 0 bridgehead atoms. The van der Waals surface area contributed by atoms with E-state index in [2.05, 4.69) is 10.3 Å². The van der Waals surface area contributed by atoms with Crippen LogP contribution in [-0.4, -0.2) is 87.7 Å². The molecule has 1 N–H and O–H groups in total. The monoisotopic (exact) mass is 522 g/mol. The molecule has 1 aliphatic carbocycles. The van der Waals surface area contributed by atoms with Crippen LogP contribution < -0.4 is 5.32 Å². The molecule has 0 aromatic heterocycles. The number of hydrogen-bond acceptors (Lipinski definition) is 8. The maximum absolute atomic E-state index is 12.8. The number of amides is 2. The van der Waals surface area contributed by atoms with Gasteiger partial charge in [0.25, 0.3) is 11.8 Å². The summed E-state index contributed by atoms with van der Waals surface area (Å²) in [5.41, 5.74) is 2.81. The number of aliphatic imine (C=N–C) groups is 1. The molecule has 2 aromatic rings. The second-order valence-electron chi connectivity index (χ2n) is 9.52. The van der Waals surface area contributed by atoms with Crippen LogP contribution in [0.15, 0.2) is 53.5 Å². The van der Waals surface area contributed by atoms with E-state index in [1.807, 2.05) is 0 Å². The van der Waals surface area contributed by atoms with E-state index in [1.165, 1.54) is 24.0 Å². The molecular weight excluding hydrogens is 488 g/mol. The summed E-state index contributed by atoms with van der Waals surface area (Å²) in [6.45, 7) is 0. The van der Waals surface area contributed by atoms with E-state index in [1.54, 1.807) is 76.7 Å². The van der Waals surface area contributed by atoms with E-state index in [0.717, 1.165) is 0 Å². The normalized spacial score (nSPS) is 19.8. The zero-order chi connectivity index (χ0) is 28.0. The summed E-state index contributed by atoms with van der Waals surface area (Å²) in [6, 6.07) is 13.2.